The maximum absolute atomic E-state index is 13.1. The molecule has 0 saturated heterocycles. The van der Waals surface area contributed by atoms with E-state index in [4.69, 9.17) is 0 Å². The number of nitrogens with one attached hydrogen (secondary N) is 1. The summed E-state index contributed by atoms with van der Waals surface area (Å²) in [6.45, 7) is 2.12. The van der Waals surface area contributed by atoms with Crippen LogP contribution in [0.5, 0.6) is 0 Å². The molecule has 0 amide bonds. The molecular weight excluding hydrogens is 371 g/mol. The fourth-order valence-electron chi connectivity index (χ4n) is 3.02. The number of fused-ring (bicyclic) bond motifs is 1. The van der Waals surface area contributed by atoms with Gasteiger partial charge in [0.1, 0.15) is 10.8 Å². The van der Waals surface area contributed by atoms with Crippen molar-refractivity contribution in [2.75, 3.05) is 12.8 Å². The third kappa shape index (κ3) is 3.58. The molecule has 8 heteroatoms. The van der Waals surface area contributed by atoms with E-state index in [1.54, 1.807) is 23.5 Å². The minimum absolute atomic E-state index is 0.0461. The molecule has 3 aromatic rings. The van der Waals surface area contributed by atoms with Gasteiger partial charge in [-0.1, -0.05) is 11.8 Å². The molecule has 0 radical (unpaired) electrons. The third-order valence-corrected chi connectivity index (χ3v) is 5.78. The molecule has 0 fully saturated rings. The Morgan fingerprint density at radius 1 is 1.31 bits per heavy atom. The lowest BCUT2D eigenvalue weighted by Gasteiger charge is -2.26. The first kappa shape index (κ1) is 17.4. The standard InChI is InChI=1S/C18H17FN4OS2/c1-25-18-21-14-6-7-23(8-13(14)17(24)22-18)9-16-20-15(10-26-16)11-2-4-12(19)5-3-11/h2-5,10H,6-9H2,1H3,(H,21,22,24). The number of hydrogen-bond acceptors (Lipinski definition) is 6. The summed E-state index contributed by atoms with van der Waals surface area (Å²) in [7, 11) is 0. The molecule has 1 aromatic carbocycles. The molecule has 5 nitrogen and oxygen atoms in total. The van der Waals surface area contributed by atoms with E-state index in [2.05, 4.69) is 19.9 Å². The van der Waals surface area contributed by atoms with Gasteiger partial charge in [-0.25, -0.2) is 14.4 Å². The van der Waals surface area contributed by atoms with E-state index in [0.29, 0.717) is 18.2 Å². The molecule has 2 aromatic heterocycles. The van der Waals surface area contributed by atoms with Gasteiger partial charge >= 0.3 is 0 Å². The fourth-order valence-corrected chi connectivity index (χ4v) is 4.26. The van der Waals surface area contributed by atoms with Crippen LogP contribution in [-0.4, -0.2) is 32.7 Å². The second kappa shape index (κ2) is 7.30. The van der Waals surface area contributed by atoms with Crippen molar-refractivity contribution in [2.45, 2.75) is 24.7 Å². The Morgan fingerprint density at radius 2 is 2.12 bits per heavy atom. The number of thioether (sulfide) groups is 1. The number of benzene rings is 1. The summed E-state index contributed by atoms with van der Waals surface area (Å²) in [6.07, 6.45) is 2.67. The molecule has 134 valence electrons. The molecule has 1 aliphatic rings. The summed E-state index contributed by atoms with van der Waals surface area (Å²) in [4.78, 5) is 26.5. The minimum atomic E-state index is -0.250. The van der Waals surface area contributed by atoms with Crippen LogP contribution in [0.15, 0.2) is 39.6 Å². The van der Waals surface area contributed by atoms with Crippen molar-refractivity contribution in [1.82, 2.24) is 19.9 Å². The van der Waals surface area contributed by atoms with Gasteiger partial charge in [0.2, 0.25) is 0 Å². The summed E-state index contributed by atoms with van der Waals surface area (Å²) in [6, 6.07) is 6.36. The number of H-pyrrole nitrogens is 1. The molecular formula is C18H17FN4OS2. The average molecular weight is 388 g/mol. The Hall–Kier alpha value is -2.03. The molecule has 0 atom stereocenters. The molecule has 1 aliphatic heterocycles. The van der Waals surface area contributed by atoms with E-state index in [9.17, 15) is 9.18 Å². The fraction of sp³-hybridized carbons (Fsp3) is 0.278. The Kier molecular flexibility index (Phi) is 4.88. The van der Waals surface area contributed by atoms with E-state index in [-0.39, 0.29) is 11.4 Å². The highest BCUT2D eigenvalue weighted by atomic mass is 32.2. The lowest BCUT2D eigenvalue weighted by Crippen LogP contribution is -2.35. The SMILES string of the molecule is CSc1nc2c(c(=O)[nH]1)CN(Cc1nc(-c3ccc(F)cc3)cs1)CC2. The van der Waals surface area contributed by atoms with E-state index in [0.717, 1.165) is 40.5 Å². The highest BCUT2D eigenvalue weighted by Crippen LogP contribution is 2.24. The van der Waals surface area contributed by atoms with Crippen LogP contribution in [0, 0.1) is 5.82 Å². The summed E-state index contributed by atoms with van der Waals surface area (Å²) in [5.41, 5.74) is 3.37. The maximum Gasteiger partial charge on any atom is 0.256 e. The van der Waals surface area contributed by atoms with Crippen molar-refractivity contribution in [3.05, 3.63) is 62.1 Å². The predicted octanol–water partition coefficient (Wildman–Crippen LogP) is 3.31. The van der Waals surface area contributed by atoms with Gasteiger partial charge in [0.25, 0.3) is 5.56 Å². The van der Waals surface area contributed by atoms with E-state index in [1.165, 1.54) is 23.9 Å². The molecule has 0 aliphatic carbocycles. The lowest BCUT2D eigenvalue weighted by molar-refractivity contribution is 0.240. The smallest absolute Gasteiger partial charge is 0.256 e. The first-order valence-electron chi connectivity index (χ1n) is 8.21. The van der Waals surface area contributed by atoms with Crippen molar-refractivity contribution in [3.8, 4) is 11.3 Å². The van der Waals surface area contributed by atoms with Crippen LogP contribution in [0.3, 0.4) is 0 Å². The number of halogens is 1. The van der Waals surface area contributed by atoms with Crippen LogP contribution in [0.4, 0.5) is 4.39 Å². The maximum atomic E-state index is 13.1. The largest absolute Gasteiger partial charge is 0.301 e. The van der Waals surface area contributed by atoms with Gasteiger partial charge in [0.05, 0.1) is 23.5 Å². The van der Waals surface area contributed by atoms with E-state index >= 15 is 0 Å². The number of aromatic amines is 1. The predicted molar refractivity (Wildman–Crippen MR) is 102 cm³/mol. The molecule has 26 heavy (non-hydrogen) atoms. The zero-order valence-electron chi connectivity index (χ0n) is 14.2. The molecule has 3 heterocycles. The van der Waals surface area contributed by atoms with E-state index < -0.39 is 0 Å². The number of hydrogen-bond donors (Lipinski definition) is 1. The van der Waals surface area contributed by atoms with Crippen LogP contribution >= 0.6 is 23.1 Å². The van der Waals surface area contributed by atoms with Gasteiger partial charge in [0, 0.05) is 30.5 Å². The Morgan fingerprint density at radius 3 is 2.88 bits per heavy atom. The molecule has 0 spiro atoms. The van der Waals surface area contributed by atoms with Crippen molar-refractivity contribution in [1.29, 1.82) is 0 Å². The van der Waals surface area contributed by atoms with Crippen molar-refractivity contribution < 1.29 is 4.39 Å². The molecule has 0 bridgehead atoms. The van der Waals surface area contributed by atoms with Gasteiger partial charge in [-0.05, 0) is 30.5 Å². The second-order valence-corrected chi connectivity index (χ2v) is 7.83. The molecule has 0 unspecified atom stereocenters. The quantitative estimate of drug-likeness (QED) is 0.549. The van der Waals surface area contributed by atoms with Crippen molar-refractivity contribution in [2.24, 2.45) is 0 Å². The third-order valence-electron chi connectivity index (χ3n) is 4.37. The van der Waals surface area contributed by atoms with Crippen LogP contribution in [0.25, 0.3) is 11.3 Å². The average Bonchev–Trinajstić information content (AvgIpc) is 3.11. The van der Waals surface area contributed by atoms with Crippen LogP contribution in [0.2, 0.25) is 0 Å². The minimum Gasteiger partial charge on any atom is -0.301 e. The Balaban J connectivity index is 1.49. The van der Waals surface area contributed by atoms with Crippen LogP contribution in [-0.2, 0) is 19.5 Å². The first-order valence-corrected chi connectivity index (χ1v) is 10.3. The summed E-state index contributed by atoms with van der Waals surface area (Å²) >= 11 is 3.03. The van der Waals surface area contributed by atoms with Gasteiger partial charge in [-0.3, -0.25) is 9.69 Å². The Labute approximate surface area is 158 Å². The van der Waals surface area contributed by atoms with Gasteiger partial charge < -0.3 is 4.98 Å². The monoisotopic (exact) mass is 388 g/mol. The zero-order valence-corrected chi connectivity index (χ0v) is 15.8. The zero-order chi connectivity index (χ0) is 18.1. The number of rotatable bonds is 4. The second-order valence-electron chi connectivity index (χ2n) is 6.09. The highest BCUT2D eigenvalue weighted by molar-refractivity contribution is 7.98. The number of thiazole rings is 1. The summed E-state index contributed by atoms with van der Waals surface area (Å²) in [5.74, 6) is -0.250. The summed E-state index contributed by atoms with van der Waals surface area (Å²) in [5, 5.41) is 3.64. The van der Waals surface area contributed by atoms with Gasteiger partial charge in [-0.15, -0.1) is 11.3 Å². The van der Waals surface area contributed by atoms with Gasteiger partial charge in [-0.2, -0.15) is 0 Å². The lowest BCUT2D eigenvalue weighted by atomic mass is 10.1. The normalized spacial score (nSPS) is 14.4. The highest BCUT2D eigenvalue weighted by Gasteiger charge is 2.22. The van der Waals surface area contributed by atoms with Crippen LogP contribution in [0.1, 0.15) is 16.3 Å². The first-order chi connectivity index (χ1) is 12.6. The van der Waals surface area contributed by atoms with E-state index in [1.807, 2.05) is 11.6 Å². The topological polar surface area (TPSA) is 61.9 Å². The molecule has 1 N–H and O–H groups in total. The number of aromatic nitrogens is 3. The molecule has 0 saturated carbocycles. The Bertz CT molecular complexity index is 984. The van der Waals surface area contributed by atoms with Crippen molar-refractivity contribution in [3.63, 3.8) is 0 Å². The van der Waals surface area contributed by atoms with Gasteiger partial charge in [0.15, 0.2) is 5.16 Å². The van der Waals surface area contributed by atoms with Crippen molar-refractivity contribution >= 4 is 23.1 Å². The summed E-state index contributed by atoms with van der Waals surface area (Å²) < 4.78 is 13.1. The number of nitrogens with zero attached hydrogens (tertiary/aromatic N) is 3. The van der Waals surface area contributed by atoms with Crippen LogP contribution < -0.4 is 5.56 Å². The molecule has 4 rings (SSSR count).